The van der Waals surface area contributed by atoms with Gasteiger partial charge in [0.05, 0.1) is 6.04 Å². The van der Waals surface area contributed by atoms with Crippen LogP contribution in [0.25, 0.3) is 0 Å². The number of hydrogen-bond acceptors (Lipinski definition) is 3. The second kappa shape index (κ2) is 6.70. The van der Waals surface area contributed by atoms with Crippen molar-refractivity contribution in [3.8, 4) is 0 Å². The average molecular weight is 304 g/mol. The number of alkyl halides is 2. The predicted octanol–water partition coefficient (Wildman–Crippen LogP) is 2.62. The molecule has 0 radical (unpaired) electrons. The Labute approximate surface area is 123 Å². The van der Waals surface area contributed by atoms with Crippen LogP contribution in [-0.4, -0.2) is 51.6 Å². The second-order valence-corrected chi connectivity index (χ2v) is 5.57. The molecular formula is C14H20ClF2N3. The molecule has 1 atom stereocenters. The van der Waals surface area contributed by atoms with Crippen LogP contribution in [0, 0.1) is 0 Å². The van der Waals surface area contributed by atoms with Gasteiger partial charge in [0, 0.05) is 51.0 Å². The molecule has 1 aromatic rings. The first kappa shape index (κ1) is 15.5. The number of hydrogen-bond donors (Lipinski definition) is 1. The van der Waals surface area contributed by atoms with Crippen molar-refractivity contribution in [1.82, 2.24) is 10.2 Å². The number of benzene rings is 1. The topological polar surface area (TPSA) is 18.5 Å². The van der Waals surface area contributed by atoms with Gasteiger partial charge < -0.3 is 10.2 Å². The van der Waals surface area contributed by atoms with Gasteiger partial charge in [-0.05, 0) is 17.7 Å². The lowest BCUT2D eigenvalue weighted by Gasteiger charge is -2.35. The van der Waals surface area contributed by atoms with Crippen molar-refractivity contribution in [1.29, 1.82) is 0 Å². The standard InChI is InChI=1S/C14H20ClF2N3/c1-19(2)10-3-4-11(12(15)9-10)13(14(16)17)20-7-5-18-6-8-20/h3-4,9,13-14,18H,5-8H2,1-2H3/t13-/m0/s1. The van der Waals surface area contributed by atoms with Gasteiger partial charge in [-0.15, -0.1) is 0 Å². The third-order valence-corrected chi connectivity index (χ3v) is 3.93. The molecule has 0 aliphatic carbocycles. The number of rotatable bonds is 4. The summed E-state index contributed by atoms with van der Waals surface area (Å²) in [5.41, 5.74) is 1.42. The maximum atomic E-state index is 13.5. The minimum atomic E-state index is -2.45. The summed E-state index contributed by atoms with van der Waals surface area (Å²) in [7, 11) is 3.79. The maximum absolute atomic E-state index is 13.5. The van der Waals surface area contributed by atoms with E-state index in [0.29, 0.717) is 23.7 Å². The Balaban J connectivity index is 2.29. The summed E-state index contributed by atoms with van der Waals surface area (Å²) < 4.78 is 27.0. The van der Waals surface area contributed by atoms with E-state index in [1.807, 2.05) is 25.1 Å². The van der Waals surface area contributed by atoms with Gasteiger partial charge in [0.2, 0.25) is 0 Å². The monoisotopic (exact) mass is 303 g/mol. The summed E-state index contributed by atoms with van der Waals surface area (Å²) in [6, 6.07) is 4.37. The molecule has 0 unspecified atom stereocenters. The van der Waals surface area contributed by atoms with E-state index in [0.717, 1.165) is 18.8 Å². The fourth-order valence-electron chi connectivity index (χ4n) is 2.49. The highest BCUT2D eigenvalue weighted by molar-refractivity contribution is 6.31. The lowest BCUT2D eigenvalue weighted by molar-refractivity contribution is 0.0182. The summed E-state index contributed by atoms with van der Waals surface area (Å²) in [5.74, 6) is 0. The zero-order valence-electron chi connectivity index (χ0n) is 11.7. The Hall–Kier alpha value is -0.910. The minimum absolute atomic E-state index is 0.403. The van der Waals surface area contributed by atoms with Gasteiger partial charge in [-0.3, -0.25) is 4.90 Å². The first-order valence-electron chi connectivity index (χ1n) is 6.70. The Morgan fingerprint density at radius 2 is 1.90 bits per heavy atom. The van der Waals surface area contributed by atoms with Crippen molar-refractivity contribution in [2.45, 2.75) is 12.5 Å². The molecule has 1 saturated heterocycles. The van der Waals surface area contributed by atoms with E-state index in [1.165, 1.54) is 0 Å². The molecule has 1 N–H and O–H groups in total. The van der Waals surface area contributed by atoms with Crippen molar-refractivity contribution in [3.05, 3.63) is 28.8 Å². The smallest absolute Gasteiger partial charge is 0.258 e. The maximum Gasteiger partial charge on any atom is 0.258 e. The molecule has 1 fully saturated rings. The molecule has 2 rings (SSSR count). The molecule has 0 aromatic heterocycles. The van der Waals surface area contributed by atoms with Crippen molar-refractivity contribution in [2.75, 3.05) is 45.2 Å². The number of halogens is 3. The van der Waals surface area contributed by atoms with Crippen LogP contribution in [0.3, 0.4) is 0 Å². The molecule has 20 heavy (non-hydrogen) atoms. The van der Waals surface area contributed by atoms with Crippen LogP contribution < -0.4 is 10.2 Å². The van der Waals surface area contributed by atoms with Gasteiger partial charge in [0.25, 0.3) is 6.43 Å². The highest BCUT2D eigenvalue weighted by Crippen LogP contribution is 2.34. The normalized spacial score (nSPS) is 18.3. The molecule has 112 valence electrons. The van der Waals surface area contributed by atoms with Gasteiger partial charge in [-0.25, -0.2) is 8.78 Å². The number of nitrogens with one attached hydrogen (secondary N) is 1. The van der Waals surface area contributed by atoms with Gasteiger partial charge in [0.15, 0.2) is 0 Å². The third kappa shape index (κ3) is 3.40. The molecule has 3 nitrogen and oxygen atoms in total. The Bertz CT molecular complexity index is 448. The van der Waals surface area contributed by atoms with E-state index in [9.17, 15) is 8.78 Å². The molecule has 0 spiro atoms. The first-order chi connectivity index (χ1) is 9.50. The molecule has 0 amide bonds. The van der Waals surface area contributed by atoms with Crippen molar-refractivity contribution in [2.24, 2.45) is 0 Å². The van der Waals surface area contributed by atoms with Crippen LogP contribution in [0.5, 0.6) is 0 Å². The van der Waals surface area contributed by atoms with E-state index in [-0.39, 0.29) is 0 Å². The van der Waals surface area contributed by atoms with Crippen molar-refractivity contribution in [3.63, 3.8) is 0 Å². The van der Waals surface area contributed by atoms with Crippen LogP contribution in [0.1, 0.15) is 11.6 Å². The average Bonchev–Trinajstić information content (AvgIpc) is 2.41. The molecule has 1 aliphatic rings. The fourth-order valence-corrected chi connectivity index (χ4v) is 2.77. The van der Waals surface area contributed by atoms with Crippen LogP contribution in [0.15, 0.2) is 18.2 Å². The lowest BCUT2D eigenvalue weighted by Crippen LogP contribution is -2.47. The summed E-state index contributed by atoms with van der Waals surface area (Å²) in [6.45, 7) is 2.69. The van der Waals surface area contributed by atoms with E-state index < -0.39 is 12.5 Å². The SMILES string of the molecule is CN(C)c1ccc([C@@H](C(F)F)N2CCNCC2)c(Cl)c1. The minimum Gasteiger partial charge on any atom is -0.378 e. The van der Waals surface area contributed by atoms with Crippen LogP contribution in [0.2, 0.25) is 5.02 Å². The van der Waals surface area contributed by atoms with Gasteiger partial charge >= 0.3 is 0 Å². The molecule has 6 heteroatoms. The summed E-state index contributed by atoms with van der Waals surface area (Å²) in [4.78, 5) is 3.70. The van der Waals surface area contributed by atoms with Crippen LogP contribution in [0.4, 0.5) is 14.5 Å². The van der Waals surface area contributed by atoms with Crippen molar-refractivity contribution < 1.29 is 8.78 Å². The van der Waals surface area contributed by atoms with E-state index in [1.54, 1.807) is 17.0 Å². The summed E-state index contributed by atoms with van der Waals surface area (Å²) in [5, 5.41) is 3.58. The number of piperazine rings is 1. The molecular weight excluding hydrogens is 284 g/mol. The summed E-state index contributed by atoms with van der Waals surface area (Å²) in [6.07, 6.45) is -2.45. The quantitative estimate of drug-likeness (QED) is 0.922. The van der Waals surface area contributed by atoms with Gasteiger partial charge in [-0.1, -0.05) is 17.7 Å². The molecule has 1 aromatic carbocycles. The highest BCUT2D eigenvalue weighted by atomic mass is 35.5. The summed E-state index contributed by atoms with van der Waals surface area (Å²) >= 11 is 6.23. The fraction of sp³-hybridized carbons (Fsp3) is 0.571. The molecule has 1 aliphatic heterocycles. The molecule has 1 heterocycles. The Kier molecular flexibility index (Phi) is 5.18. The second-order valence-electron chi connectivity index (χ2n) is 5.17. The molecule has 0 bridgehead atoms. The number of anilines is 1. The zero-order valence-corrected chi connectivity index (χ0v) is 12.5. The van der Waals surface area contributed by atoms with E-state index >= 15 is 0 Å². The first-order valence-corrected chi connectivity index (χ1v) is 7.08. The van der Waals surface area contributed by atoms with Gasteiger partial charge in [-0.2, -0.15) is 0 Å². The van der Waals surface area contributed by atoms with Crippen molar-refractivity contribution >= 4 is 17.3 Å². The van der Waals surface area contributed by atoms with E-state index in [2.05, 4.69) is 5.32 Å². The predicted molar refractivity (Wildman–Crippen MR) is 79.0 cm³/mol. The number of nitrogens with zero attached hydrogens (tertiary/aromatic N) is 2. The zero-order chi connectivity index (χ0) is 14.7. The Morgan fingerprint density at radius 3 is 2.40 bits per heavy atom. The third-order valence-electron chi connectivity index (χ3n) is 3.60. The highest BCUT2D eigenvalue weighted by Gasteiger charge is 2.31. The van der Waals surface area contributed by atoms with Crippen LogP contribution >= 0.6 is 11.6 Å². The van der Waals surface area contributed by atoms with Gasteiger partial charge in [0.1, 0.15) is 0 Å². The Morgan fingerprint density at radius 1 is 1.25 bits per heavy atom. The van der Waals surface area contributed by atoms with Crippen LogP contribution in [-0.2, 0) is 0 Å². The largest absolute Gasteiger partial charge is 0.378 e. The van der Waals surface area contributed by atoms with E-state index in [4.69, 9.17) is 11.6 Å². The molecule has 0 saturated carbocycles. The lowest BCUT2D eigenvalue weighted by atomic mass is 10.0.